The maximum atomic E-state index is 13.0. The molecule has 0 N–H and O–H groups in total. The van der Waals surface area contributed by atoms with Crippen LogP contribution >= 0.6 is 0 Å². The van der Waals surface area contributed by atoms with E-state index in [4.69, 9.17) is 4.74 Å². The van der Waals surface area contributed by atoms with Gasteiger partial charge in [-0.05, 0) is 62.3 Å². The Morgan fingerprint density at radius 2 is 1.58 bits per heavy atom. The minimum Gasteiger partial charge on any atom is -0.491 e. The first-order valence-electron chi connectivity index (χ1n) is 11.1. The van der Waals surface area contributed by atoms with Gasteiger partial charge in [-0.3, -0.25) is 14.5 Å². The predicted octanol–water partition coefficient (Wildman–Crippen LogP) is 4.14. The van der Waals surface area contributed by atoms with Crippen molar-refractivity contribution in [2.24, 2.45) is 5.92 Å². The van der Waals surface area contributed by atoms with Gasteiger partial charge in [-0.1, -0.05) is 42.5 Å². The summed E-state index contributed by atoms with van der Waals surface area (Å²) in [7, 11) is 1.57. The molecule has 4 rings (SSSR count). The summed E-state index contributed by atoms with van der Waals surface area (Å²) < 4.78 is 5.72. The van der Waals surface area contributed by atoms with E-state index in [0.29, 0.717) is 17.2 Å². The van der Waals surface area contributed by atoms with Gasteiger partial charge >= 0.3 is 0 Å². The number of benzene rings is 2. The summed E-state index contributed by atoms with van der Waals surface area (Å²) in [4.78, 5) is 29.2. The number of hydrogen-bond acceptors (Lipinski definition) is 4. The number of likely N-dealkylation sites (tertiary alicyclic amines) is 1. The highest BCUT2D eigenvalue weighted by molar-refractivity contribution is 6.35. The van der Waals surface area contributed by atoms with Gasteiger partial charge < -0.3 is 9.64 Å². The molecule has 0 unspecified atom stereocenters. The zero-order valence-corrected chi connectivity index (χ0v) is 18.5. The van der Waals surface area contributed by atoms with Crippen LogP contribution < -0.4 is 4.74 Å². The van der Waals surface area contributed by atoms with Gasteiger partial charge in [-0.2, -0.15) is 0 Å². The zero-order valence-electron chi connectivity index (χ0n) is 18.5. The van der Waals surface area contributed by atoms with E-state index in [1.807, 2.05) is 44.2 Å². The molecule has 1 saturated heterocycles. The minimum absolute atomic E-state index is 0.0821. The van der Waals surface area contributed by atoms with E-state index in [1.165, 1.54) is 10.5 Å². The fourth-order valence-corrected chi connectivity index (χ4v) is 4.46. The van der Waals surface area contributed by atoms with Gasteiger partial charge in [-0.25, -0.2) is 0 Å². The maximum Gasteiger partial charge on any atom is 0.277 e. The molecule has 0 bridgehead atoms. The van der Waals surface area contributed by atoms with E-state index in [1.54, 1.807) is 7.05 Å². The molecule has 2 heterocycles. The van der Waals surface area contributed by atoms with Crippen LogP contribution in [0.1, 0.15) is 37.8 Å². The molecule has 0 radical (unpaired) electrons. The molecule has 0 aromatic heterocycles. The summed E-state index contributed by atoms with van der Waals surface area (Å²) in [6.07, 6.45) is 3.17. The van der Waals surface area contributed by atoms with Crippen LogP contribution in [0.4, 0.5) is 0 Å². The molecule has 5 nitrogen and oxygen atoms in total. The normalized spacial score (nSPS) is 17.8. The largest absolute Gasteiger partial charge is 0.491 e. The topological polar surface area (TPSA) is 49.9 Å². The van der Waals surface area contributed by atoms with Crippen molar-refractivity contribution in [3.63, 3.8) is 0 Å². The highest BCUT2D eigenvalue weighted by atomic mass is 16.5. The fourth-order valence-electron chi connectivity index (χ4n) is 4.46. The summed E-state index contributed by atoms with van der Waals surface area (Å²) in [5.41, 5.74) is 3.17. The molecule has 5 heteroatoms. The lowest BCUT2D eigenvalue weighted by atomic mass is 9.89. The Bertz CT molecular complexity index is 971. The van der Waals surface area contributed by atoms with Crippen LogP contribution in [-0.2, 0) is 16.0 Å². The third-order valence-corrected chi connectivity index (χ3v) is 6.08. The molecule has 2 aromatic carbocycles. The Morgan fingerprint density at radius 1 is 0.935 bits per heavy atom. The average Bonchev–Trinajstić information content (AvgIpc) is 2.99. The molecule has 2 aromatic rings. The number of amides is 2. The summed E-state index contributed by atoms with van der Waals surface area (Å²) in [6.45, 7) is 5.53. The predicted molar refractivity (Wildman–Crippen MR) is 121 cm³/mol. The number of carbonyl (C=O) groups excluding carboxylic acids is 2. The lowest BCUT2D eigenvalue weighted by Crippen LogP contribution is -2.38. The Hall–Kier alpha value is -3.08. The number of hydrogen-bond donors (Lipinski definition) is 0. The summed E-state index contributed by atoms with van der Waals surface area (Å²) in [5, 5.41) is 0. The molecule has 0 saturated carbocycles. The number of rotatable bonds is 6. The van der Waals surface area contributed by atoms with Crippen molar-refractivity contribution < 1.29 is 14.3 Å². The second-order valence-electron chi connectivity index (χ2n) is 8.70. The number of imide groups is 1. The van der Waals surface area contributed by atoms with Gasteiger partial charge in [-0.15, -0.1) is 0 Å². The van der Waals surface area contributed by atoms with Crippen molar-refractivity contribution in [2.45, 2.75) is 39.2 Å². The summed E-state index contributed by atoms with van der Waals surface area (Å²) in [6, 6.07) is 18.0. The van der Waals surface area contributed by atoms with Gasteiger partial charge in [0.05, 0.1) is 11.7 Å². The smallest absolute Gasteiger partial charge is 0.277 e. The van der Waals surface area contributed by atoms with E-state index in [0.717, 1.165) is 43.7 Å². The Kier molecular flexibility index (Phi) is 6.12. The van der Waals surface area contributed by atoms with Crippen molar-refractivity contribution in [3.8, 4) is 5.75 Å². The van der Waals surface area contributed by atoms with Crippen LogP contribution in [-0.4, -0.2) is 47.9 Å². The van der Waals surface area contributed by atoms with Crippen molar-refractivity contribution in [1.82, 2.24) is 9.80 Å². The maximum absolute atomic E-state index is 13.0. The van der Waals surface area contributed by atoms with Crippen LogP contribution in [0, 0.1) is 5.92 Å². The zero-order chi connectivity index (χ0) is 22.0. The third-order valence-electron chi connectivity index (χ3n) is 6.08. The first kappa shape index (κ1) is 21.2. The van der Waals surface area contributed by atoms with E-state index in [9.17, 15) is 9.59 Å². The molecular formula is C26H30N2O3. The Morgan fingerprint density at radius 3 is 2.19 bits per heavy atom. The molecule has 2 amide bonds. The fraction of sp³-hybridized carbons (Fsp3) is 0.385. The molecule has 0 aliphatic carbocycles. The molecular weight excluding hydrogens is 388 g/mol. The first-order chi connectivity index (χ1) is 14.9. The highest BCUT2D eigenvalue weighted by Gasteiger charge is 2.40. The average molecular weight is 419 g/mol. The van der Waals surface area contributed by atoms with Crippen LogP contribution in [0.2, 0.25) is 0 Å². The second-order valence-corrected chi connectivity index (χ2v) is 8.70. The highest BCUT2D eigenvalue weighted by Crippen LogP contribution is 2.34. The van der Waals surface area contributed by atoms with Crippen molar-refractivity contribution in [2.75, 3.05) is 20.1 Å². The van der Waals surface area contributed by atoms with Crippen LogP contribution in [0.3, 0.4) is 0 Å². The number of carbonyl (C=O) groups is 2. The standard InChI is InChI=1S/C26H30N2O3/c1-18(2)31-22-11-9-21(10-12-22)23-24(26(30)27(3)25(23)29)28-15-13-20(14-16-28)17-19-7-5-4-6-8-19/h4-12,18,20H,13-17H2,1-3H3. The number of nitrogens with zero attached hydrogens (tertiary/aromatic N) is 2. The van der Waals surface area contributed by atoms with Gasteiger partial charge in [0.15, 0.2) is 0 Å². The molecule has 162 valence electrons. The van der Waals surface area contributed by atoms with Crippen molar-refractivity contribution >= 4 is 17.4 Å². The van der Waals surface area contributed by atoms with Gasteiger partial charge in [0.25, 0.3) is 11.8 Å². The second kappa shape index (κ2) is 8.96. The van der Waals surface area contributed by atoms with Crippen molar-refractivity contribution in [3.05, 3.63) is 71.4 Å². The molecule has 1 fully saturated rings. The molecule has 0 atom stereocenters. The van der Waals surface area contributed by atoms with Crippen LogP contribution in [0.5, 0.6) is 5.75 Å². The Balaban J connectivity index is 1.53. The van der Waals surface area contributed by atoms with Crippen molar-refractivity contribution in [1.29, 1.82) is 0 Å². The van der Waals surface area contributed by atoms with E-state index < -0.39 is 0 Å². The lowest BCUT2D eigenvalue weighted by molar-refractivity contribution is -0.136. The number of likely N-dealkylation sites (N-methyl/N-ethyl adjacent to an activating group) is 1. The quantitative estimate of drug-likeness (QED) is 0.662. The third kappa shape index (κ3) is 4.50. The summed E-state index contributed by atoms with van der Waals surface area (Å²) in [5.74, 6) is 0.917. The van der Waals surface area contributed by atoms with Crippen LogP contribution in [0.25, 0.3) is 5.57 Å². The monoisotopic (exact) mass is 418 g/mol. The summed E-state index contributed by atoms with van der Waals surface area (Å²) >= 11 is 0. The number of piperidine rings is 1. The van der Waals surface area contributed by atoms with E-state index >= 15 is 0 Å². The Labute approximate surface area is 184 Å². The number of ether oxygens (including phenoxy) is 1. The van der Waals surface area contributed by atoms with Gasteiger partial charge in [0.2, 0.25) is 0 Å². The lowest BCUT2D eigenvalue weighted by Gasteiger charge is -2.34. The van der Waals surface area contributed by atoms with E-state index in [-0.39, 0.29) is 17.9 Å². The molecule has 31 heavy (non-hydrogen) atoms. The molecule has 2 aliphatic rings. The minimum atomic E-state index is -0.232. The van der Waals surface area contributed by atoms with E-state index in [2.05, 4.69) is 29.2 Å². The SMILES string of the molecule is CC(C)Oc1ccc(C2=C(N3CCC(Cc4ccccc4)CC3)C(=O)N(C)C2=O)cc1. The first-order valence-corrected chi connectivity index (χ1v) is 11.1. The van der Waals surface area contributed by atoms with Gasteiger partial charge in [0.1, 0.15) is 11.4 Å². The molecule has 0 spiro atoms. The molecule has 2 aliphatic heterocycles. The van der Waals surface area contributed by atoms with Crippen LogP contribution in [0.15, 0.2) is 60.3 Å². The van der Waals surface area contributed by atoms with Gasteiger partial charge in [0, 0.05) is 20.1 Å².